The van der Waals surface area contributed by atoms with Crippen molar-refractivity contribution in [3.8, 4) is 5.75 Å². The van der Waals surface area contributed by atoms with Gasteiger partial charge in [-0.25, -0.2) is 13.1 Å². The number of nitrogens with zero attached hydrogens (tertiary/aromatic N) is 1. The molecule has 1 fully saturated rings. The highest BCUT2D eigenvalue weighted by Crippen LogP contribution is 2.34. The summed E-state index contributed by atoms with van der Waals surface area (Å²) in [6.45, 7) is 2.35. The second-order valence-electron chi connectivity index (χ2n) is 6.46. The summed E-state index contributed by atoms with van der Waals surface area (Å²) in [6.07, 6.45) is 0. The van der Waals surface area contributed by atoms with Crippen LogP contribution < -0.4 is 9.46 Å². The van der Waals surface area contributed by atoms with Gasteiger partial charge in [0.05, 0.1) is 19.8 Å². The smallest absolute Gasteiger partial charge is 0.219 e. The van der Waals surface area contributed by atoms with E-state index in [1.807, 2.05) is 55.5 Å². The molecule has 3 rings (SSSR count). The van der Waals surface area contributed by atoms with Crippen molar-refractivity contribution in [3.05, 3.63) is 65.2 Å². The van der Waals surface area contributed by atoms with E-state index in [4.69, 9.17) is 9.57 Å². The minimum Gasteiger partial charge on any atom is -0.497 e. The quantitative estimate of drug-likeness (QED) is 0.839. The van der Waals surface area contributed by atoms with Crippen molar-refractivity contribution in [2.45, 2.75) is 24.8 Å². The van der Waals surface area contributed by atoms with Crippen molar-refractivity contribution < 1.29 is 18.0 Å². The van der Waals surface area contributed by atoms with E-state index in [0.29, 0.717) is 5.75 Å². The second kappa shape index (κ2) is 7.75. The Bertz CT molecular complexity index is 869. The zero-order valence-electron chi connectivity index (χ0n) is 15.2. The fraction of sp³-hybridized carbons (Fsp3) is 0.368. The van der Waals surface area contributed by atoms with Crippen molar-refractivity contribution >= 4 is 10.0 Å². The average molecular weight is 376 g/mol. The van der Waals surface area contributed by atoms with E-state index in [0.717, 1.165) is 16.7 Å². The Kier molecular flexibility index (Phi) is 5.62. The van der Waals surface area contributed by atoms with E-state index < -0.39 is 21.3 Å². The molecule has 0 spiro atoms. The van der Waals surface area contributed by atoms with Crippen LogP contribution in [0.25, 0.3) is 0 Å². The molecule has 140 valence electrons. The second-order valence-corrected chi connectivity index (χ2v) is 8.44. The van der Waals surface area contributed by atoms with Crippen LogP contribution in [-0.2, 0) is 21.4 Å². The number of methoxy groups -OCH3 is 1. The first-order chi connectivity index (χ1) is 12.4. The van der Waals surface area contributed by atoms with Crippen LogP contribution in [0.1, 0.15) is 22.7 Å². The molecule has 1 aliphatic rings. The maximum absolute atomic E-state index is 12.9. The summed E-state index contributed by atoms with van der Waals surface area (Å²) < 4.78 is 33.8. The number of sulfonamides is 1. The molecule has 0 radical (unpaired) electrons. The summed E-state index contributed by atoms with van der Waals surface area (Å²) in [5.41, 5.74) is 2.87. The first-order valence-corrected chi connectivity index (χ1v) is 9.99. The molecule has 1 aliphatic heterocycles. The van der Waals surface area contributed by atoms with Gasteiger partial charge >= 0.3 is 0 Å². The Hall–Kier alpha value is -1.93. The molecule has 0 bridgehead atoms. The van der Waals surface area contributed by atoms with Crippen LogP contribution in [0.3, 0.4) is 0 Å². The summed E-state index contributed by atoms with van der Waals surface area (Å²) >= 11 is 0. The van der Waals surface area contributed by atoms with Crippen LogP contribution in [0, 0.1) is 6.92 Å². The molecule has 1 heterocycles. The lowest BCUT2D eigenvalue weighted by molar-refractivity contribution is -0.110. The molecule has 0 aromatic heterocycles. The number of hydroxylamine groups is 2. The molecule has 2 atom stereocenters. The topological polar surface area (TPSA) is 67.9 Å². The first kappa shape index (κ1) is 18.8. The van der Waals surface area contributed by atoms with Gasteiger partial charge in [-0.1, -0.05) is 42.0 Å². The molecule has 0 aliphatic carbocycles. The van der Waals surface area contributed by atoms with Crippen LogP contribution >= 0.6 is 0 Å². The largest absolute Gasteiger partial charge is 0.497 e. The molecule has 1 saturated heterocycles. The molecule has 6 nitrogen and oxygen atoms in total. The number of benzene rings is 2. The lowest BCUT2D eigenvalue weighted by Gasteiger charge is -2.23. The number of aryl methyl sites for hydroxylation is 1. The number of hydrogen-bond donors (Lipinski definition) is 1. The molecule has 2 aromatic rings. The number of rotatable bonds is 6. The number of hydrogen-bond acceptors (Lipinski definition) is 5. The molecular weight excluding hydrogens is 352 g/mol. The van der Waals surface area contributed by atoms with E-state index in [2.05, 4.69) is 4.72 Å². The van der Waals surface area contributed by atoms with E-state index in [1.54, 1.807) is 19.2 Å². The zero-order valence-corrected chi connectivity index (χ0v) is 16.0. The molecule has 2 aromatic carbocycles. The van der Waals surface area contributed by atoms with E-state index in [-0.39, 0.29) is 13.2 Å². The molecule has 1 N–H and O–H groups in total. The maximum atomic E-state index is 12.9. The third kappa shape index (κ3) is 4.07. The van der Waals surface area contributed by atoms with Crippen LogP contribution in [0.15, 0.2) is 48.5 Å². The molecule has 7 heteroatoms. The molecule has 0 saturated carbocycles. The van der Waals surface area contributed by atoms with E-state index >= 15 is 0 Å². The van der Waals surface area contributed by atoms with Crippen LogP contribution in [0.4, 0.5) is 0 Å². The van der Waals surface area contributed by atoms with Gasteiger partial charge in [0, 0.05) is 13.6 Å². The number of ether oxygens (including phenoxy) is 1. The van der Waals surface area contributed by atoms with Crippen molar-refractivity contribution in [1.29, 1.82) is 0 Å². The summed E-state index contributed by atoms with van der Waals surface area (Å²) in [5.74, 6) is 0.687. The van der Waals surface area contributed by atoms with Gasteiger partial charge < -0.3 is 4.74 Å². The highest BCUT2D eigenvalue weighted by molar-refractivity contribution is 7.90. The Morgan fingerprint density at radius 1 is 1.23 bits per heavy atom. The lowest BCUT2D eigenvalue weighted by Crippen LogP contribution is -2.39. The van der Waals surface area contributed by atoms with Gasteiger partial charge in [0.15, 0.2) is 0 Å². The van der Waals surface area contributed by atoms with E-state index in [1.165, 1.54) is 0 Å². The Balaban J connectivity index is 1.80. The van der Waals surface area contributed by atoms with Gasteiger partial charge in [0.1, 0.15) is 11.0 Å². The Labute approximate surface area is 154 Å². The summed E-state index contributed by atoms with van der Waals surface area (Å²) in [6, 6.07) is 14.8. The van der Waals surface area contributed by atoms with Crippen LogP contribution in [-0.4, -0.2) is 39.5 Å². The van der Waals surface area contributed by atoms with Crippen molar-refractivity contribution in [3.63, 3.8) is 0 Å². The predicted molar refractivity (Wildman–Crippen MR) is 100 cm³/mol. The third-order valence-electron chi connectivity index (χ3n) is 4.58. The van der Waals surface area contributed by atoms with Crippen molar-refractivity contribution in [2.75, 3.05) is 20.8 Å². The molecule has 0 amide bonds. The monoisotopic (exact) mass is 376 g/mol. The average Bonchev–Trinajstić information content (AvgIpc) is 3.03. The predicted octanol–water partition coefficient (Wildman–Crippen LogP) is 2.41. The summed E-state index contributed by atoms with van der Waals surface area (Å²) in [7, 11) is -0.239. The standard InChI is InChI=1S/C19H24N2O4S/c1-14-6-4-7-15(10-14)12-20-26(22,23)18-13-25-21(2)19(18)16-8-5-9-17(11-16)24-3/h4-11,18-20H,12-13H2,1-3H3/t18-,19-/m1/s1. The van der Waals surface area contributed by atoms with Gasteiger partial charge in [-0.3, -0.25) is 4.84 Å². The molecule has 26 heavy (non-hydrogen) atoms. The highest BCUT2D eigenvalue weighted by atomic mass is 32.2. The van der Waals surface area contributed by atoms with Crippen LogP contribution in [0.5, 0.6) is 5.75 Å². The van der Waals surface area contributed by atoms with Gasteiger partial charge in [-0.2, -0.15) is 5.06 Å². The lowest BCUT2D eigenvalue weighted by atomic mass is 10.0. The van der Waals surface area contributed by atoms with Crippen molar-refractivity contribution in [2.24, 2.45) is 0 Å². The minimum atomic E-state index is -3.58. The van der Waals surface area contributed by atoms with Gasteiger partial charge in [0.25, 0.3) is 0 Å². The van der Waals surface area contributed by atoms with Gasteiger partial charge in [-0.15, -0.1) is 0 Å². The SMILES string of the molecule is COc1cccc([C@@H]2[C@H](S(=O)(=O)NCc3cccc(C)c3)CON2C)c1. The highest BCUT2D eigenvalue weighted by Gasteiger charge is 2.43. The first-order valence-electron chi connectivity index (χ1n) is 8.44. The minimum absolute atomic E-state index is 0.113. The molecule has 0 unspecified atom stereocenters. The fourth-order valence-electron chi connectivity index (χ4n) is 3.22. The van der Waals surface area contributed by atoms with E-state index in [9.17, 15) is 8.42 Å². The Morgan fingerprint density at radius 3 is 2.73 bits per heavy atom. The summed E-state index contributed by atoms with van der Waals surface area (Å²) in [5, 5.41) is 0.898. The molecular formula is C19H24N2O4S. The van der Waals surface area contributed by atoms with Crippen LogP contribution in [0.2, 0.25) is 0 Å². The van der Waals surface area contributed by atoms with Gasteiger partial charge in [-0.05, 0) is 30.2 Å². The Morgan fingerprint density at radius 2 is 2.00 bits per heavy atom. The number of nitrogens with one attached hydrogen (secondary N) is 1. The third-order valence-corrected chi connectivity index (χ3v) is 6.32. The van der Waals surface area contributed by atoms with Gasteiger partial charge in [0.2, 0.25) is 10.0 Å². The fourth-order valence-corrected chi connectivity index (χ4v) is 4.71. The summed E-state index contributed by atoms with van der Waals surface area (Å²) in [4.78, 5) is 5.54. The van der Waals surface area contributed by atoms with Crippen molar-refractivity contribution in [1.82, 2.24) is 9.79 Å². The zero-order chi connectivity index (χ0) is 18.7. The maximum Gasteiger partial charge on any atom is 0.219 e. The normalized spacial score (nSPS) is 21.0.